The van der Waals surface area contributed by atoms with Crippen LogP contribution < -0.4 is 11.5 Å². The van der Waals surface area contributed by atoms with Crippen LogP contribution in [0.1, 0.15) is 11.1 Å². The van der Waals surface area contributed by atoms with Gasteiger partial charge in [0.2, 0.25) is 0 Å². The van der Waals surface area contributed by atoms with Crippen molar-refractivity contribution in [2.45, 2.75) is 0 Å². The third-order valence-electron chi connectivity index (χ3n) is 3.41. The monoisotopic (exact) mass is 305 g/mol. The van der Waals surface area contributed by atoms with Crippen LogP contribution in [0.15, 0.2) is 54.7 Å². The van der Waals surface area contributed by atoms with Crippen LogP contribution in [0.5, 0.6) is 0 Å². The van der Waals surface area contributed by atoms with E-state index in [-0.39, 0.29) is 11.7 Å². The van der Waals surface area contributed by atoms with Crippen molar-refractivity contribution < 1.29 is 0 Å². The first kappa shape index (κ1) is 14.5. The molecule has 2 aromatic carbocycles. The third kappa shape index (κ3) is 2.93. The highest BCUT2D eigenvalue weighted by Gasteiger charge is 2.07. The lowest BCUT2D eigenvalue weighted by Gasteiger charge is -2.02. The standard InChI is InChI=1S/C16H15N7/c17-15(18)10-4-6-13(7-5-10)23-9-14(21-22-23)11-2-1-3-12(8-11)16(19)20/h1-9H,(H3,17,18)(H3,19,20). The number of nitrogens with one attached hydrogen (secondary N) is 2. The first-order chi connectivity index (χ1) is 11.0. The smallest absolute Gasteiger partial charge is 0.122 e. The van der Waals surface area contributed by atoms with Gasteiger partial charge in [0.15, 0.2) is 0 Å². The van der Waals surface area contributed by atoms with Crippen LogP contribution in [0.4, 0.5) is 0 Å². The Labute approximate surface area is 132 Å². The predicted octanol–water partition coefficient (Wildman–Crippen LogP) is 1.50. The largest absolute Gasteiger partial charge is 0.384 e. The van der Waals surface area contributed by atoms with Crippen molar-refractivity contribution in [1.29, 1.82) is 10.8 Å². The minimum absolute atomic E-state index is 0.0130. The molecule has 0 radical (unpaired) electrons. The molecule has 3 rings (SSSR count). The van der Waals surface area contributed by atoms with Gasteiger partial charge in [0.05, 0.1) is 11.9 Å². The van der Waals surface area contributed by atoms with Gasteiger partial charge in [0, 0.05) is 16.7 Å². The average molecular weight is 305 g/mol. The summed E-state index contributed by atoms with van der Waals surface area (Å²) < 4.78 is 1.64. The third-order valence-corrected chi connectivity index (χ3v) is 3.41. The second-order valence-electron chi connectivity index (χ2n) is 5.00. The predicted molar refractivity (Wildman–Crippen MR) is 88.8 cm³/mol. The zero-order chi connectivity index (χ0) is 16.4. The first-order valence-corrected chi connectivity index (χ1v) is 6.86. The van der Waals surface area contributed by atoms with E-state index in [9.17, 15) is 0 Å². The van der Waals surface area contributed by atoms with Crippen molar-refractivity contribution >= 4 is 11.7 Å². The molecule has 0 spiro atoms. The van der Waals surface area contributed by atoms with Crippen molar-refractivity contribution in [3.63, 3.8) is 0 Å². The lowest BCUT2D eigenvalue weighted by atomic mass is 10.1. The first-order valence-electron chi connectivity index (χ1n) is 6.86. The number of benzene rings is 2. The van der Waals surface area contributed by atoms with Crippen molar-refractivity contribution in [3.8, 4) is 16.9 Å². The molecule has 23 heavy (non-hydrogen) atoms. The summed E-state index contributed by atoms with van der Waals surface area (Å²) in [5.74, 6) is 0.0379. The zero-order valence-electron chi connectivity index (χ0n) is 12.2. The number of hydrogen-bond donors (Lipinski definition) is 4. The van der Waals surface area contributed by atoms with Crippen molar-refractivity contribution in [2.24, 2.45) is 11.5 Å². The van der Waals surface area contributed by atoms with Gasteiger partial charge in [0.25, 0.3) is 0 Å². The van der Waals surface area contributed by atoms with Gasteiger partial charge in [-0.1, -0.05) is 23.4 Å². The molecule has 0 aliphatic rings. The average Bonchev–Trinajstić information content (AvgIpc) is 3.05. The SMILES string of the molecule is N=C(N)c1ccc(-n2cc(-c3cccc(C(=N)N)c3)nn2)cc1. The summed E-state index contributed by atoms with van der Waals surface area (Å²) in [5, 5.41) is 23.2. The molecule has 0 bridgehead atoms. The van der Waals surface area contributed by atoms with Crippen LogP contribution in [-0.4, -0.2) is 26.7 Å². The summed E-state index contributed by atoms with van der Waals surface area (Å²) in [6.07, 6.45) is 1.79. The lowest BCUT2D eigenvalue weighted by molar-refractivity contribution is 0.804. The fraction of sp³-hybridized carbons (Fsp3) is 0. The van der Waals surface area contributed by atoms with E-state index in [0.29, 0.717) is 16.8 Å². The molecule has 6 N–H and O–H groups in total. The molecule has 3 aromatic rings. The highest BCUT2D eigenvalue weighted by Crippen LogP contribution is 2.19. The summed E-state index contributed by atoms with van der Waals surface area (Å²) in [6, 6.07) is 14.5. The number of hydrogen-bond acceptors (Lipinski definition) is 4. The van der Waals surface area contributed by atoms with Crippen molar-refractivity contribution in [3.05, 3.63) is 65.9 Å². The van der Waals surface area contributed by atoms with Gasteiger partial charge in [-0.3, -0.25) is 10.8 Å². The Kier molecular flexibility index (Phi) is 3.60. The minimum atomic E-state index is 0.0130. The minimum Gasteiger partial charge on any atom is -0.384 e. The highest BCUT2D eigenvalue weighted by atomic mass is 15.4. The molecule has 7 heteroatoms. The molecule has 1 heterocycles. The Hall–Kier alpha value is -3.48. The van der Waals surface area contributed by atoms with Gasteiger partial charge in [-0.25, -0.2) is 4.68 Å². The second kappa shape index (κ2) is 5.72. The lowest BCUT2D eigenvalue weighted by Crippen LogP contribution is -2.10. The molecule has 0 unspecified atom stereocenters. The van der Waals surface area contributed by atoms with E-state index in [0.717, 1.165) is 11.3 Å². The molecule has 7 nitrogen and oxygen atoms in total. The molecule has 0 fully saturated rings. The Morgan fingerprint density at radius 2 is 1.61 bits per heavy atom. The van der Waals surface area contributed by atoms with Gasteiger partial charge < -0.3 is 11.5 Å². The number of rotatable bonds is 4. The fourth-order valence-corrected chi connectivity index (χ4v) is 2.16. The van der Waals surface area contributed by atoms with Gasteiger partial charge in [-0.15, -0.1) is 5.10 Å². The van der Waals surface area contributed by atoms with Crippen molar-refractivity contribution in [2.75, 3.05) is 0 Å². The number of aromatic nitrogens is 3. The molecule has 114 valence electrons. The van der Waals surface area contributed by atoms with Crippen LogP contribution >= 0.6 is 0 Å². The van der Waals surface area contributed by atoms with Gasteiger partial charge in [-0.2, -0.15) is 0 Å². The molecular weight excluding hydrogens is 290 g/mol. The molecular formula is C16H15N7. The molecule has 0 aliphatic heterocycles. The Morgan fingerprint density at radius 1 is 0.913 bits per heavy atom. The Morgan fingerprint density at radius 3 is 2.26 bits per heavy atom. The van der Waals surface area contributed by atoms with Gasteiger partial charge in [0.1, 0.15) is 17.4 Å². The van der Waals surface area contributed by atoms with E-state index >= 15 is 0 Å². The summed E-state index contributed by atoms with van der Waals surface area (Å²) in [7, 11) is 0. The van der Waals surface area contributed by atoms with Gasteiger partial charge >= 0.3 is 0 Å². The van der Waals surface area contributed by atoms with E-state index in [2.05, 4.69) is 10.3 Å². The van der Waals surface area contributed by atoms with Crippen LogP contribution in [0.3, 0.4) is 0 Å². The summed E-state index contributed by atoms with van der Waals surface area (Å²) in [5.41, 5.74) is 14.6. The summed E-state index contributed by atoms with van der Waals surface area (Å²) >= 11 is 0. The van der Waals surface area contributed by atoms with E-state index < -0.39 is 0 Å². The zero-order valence-corrected chi connectivity index (χ0v) is 12.2. The molecule has 0 saturated heterocycles. The van der Waals surface area contributed by atoms with Gasteiger partial charge in [-0.05, 0) is 30.3 Å². The summed E-state index contributed by atoms with van der Waals surface area (Å²) in [6.45, 7) is 0. The maximum absolute atomic E-state index is 7.50. The quantitative estimate of drug-likeness (QED) is 0.429. The fourth-order valence-electron chi connectivity index (χ4n) is 2.16. The van der Waals surface area contributed by atoms with Crippen LogP contribution in [0.2, 0.25) is 0 Å². The molecule has 0 amide bonds. The second-order valence-corrected chi connectivity index (χ2v) is 5.00. The van der Waals surface area contributed by atoms with E-state index in [4.69, 9.17) is 22.3 Å². The number of nitrogens with two attached hydrogens (primary N) is 2. The molecule has 0 aliphatic carbocycles. The molecule has 0 saturated carbocycles. The summed E-state index contributed by atoms with van der Waals surface area (Å²) in [4.78, 5) is 0. The van der Waals surface area contributed by atoms with Crippen molar-refractivity contribution in [1.82, 2.24) is 15.0 Å². The van der Waals surface area contributed by atoms with Crippen LogP contribution in [0, 0.1) is 10.8 Å². The maximum Gasteiger partial charge on any atom is 0.122 e. The molecule has 0 atom stereocenters. The number of nitrogen functional groups attached to an aromatic ring is 2. The number of nitrogens with zero attached hydrogens (tertiary/aromatic N) is 3. The topological polar surface area (TPSA) is 130 Å². The maximum atomic E-state index is 7.50. The normalized spacial score (nSPS) is 10.4. The Bertz CT molecular complexity index is 877. The number of amidine groups is 2. The van der Waals surface area contributed by atoms with E-state index in [1.54, 1.807) is 35.1 Å². The van der Waals surface area contributed by atoms with Crippen LogP contribution in [-0.2, 0) is 0 Å². The van der Waals surface area contributed by atoms with E-state index in [1.807, 2.05) is 24.3 Å². The Balaban J connectivity index is 1.92. The highest BCUT2D eigenvalue weighted by molar-refractivity contribution is 5.96. The van der Waals surface area contributed by atoms with Crippen LogP contribution in [0.25, 0.3) is 16.9 Å². The molecule has 1 aromatic heterocycles. The van der Waals surface area contributed by atoms with E-state index in [1.165, 1.54) is 0 Å².